The minimum atomic E-state index is -0.705. The molecular formula is C19H19Cl3N2O3. The Hall–Kier alpha value is -1.95. The molecule has 2 rings (SSSR count). The fourth-order valence-electron chi connectivity index (χ4n) is 2.38. The van der Waals surface area contributed by atoms with Gasteiger partial charge in [-0.2, -0.15) is 0 Å². The zero-order valence-corrected chi connectivity index (χ0v) is 17.1. The molecule has 0 aliphatic rings. The van der Waals surface area contributed by atoms with Crippen LogP contribution < -0.4 is 10.1 Å². The molecule has 2 amide bonds. The Kier molecular flexibility index (Phi) is 7.78. The van der Waals surface area contributed by atoms with Crippen molar-refractivity contribution in [2.75, 3.05) is 13.7 Å². The molecule has 0 radical (unpaired) electrons. The lowest BCUT2D eigenvalue weighted by atomic mass is 10.1. The molecule has 0 saturated heterocycles. The lowest BCUT2D eigenvalue weighted by Gasteiger charge is -2.28. The summed E-state index contributed by atoms with van der Waals surface area (Å²) in [6.07, 6.45) is 0. The van der Waals surface area contributed by atoms with Gasteiger partial charge in [-0.15, -0.1) is 0 Å². The van der Waals surface area contributed by atoms with Crippen molar-refractivity contribution in [1.82, 2.24) is 10.2 Å². The minimum absolute atomic E-state index is 0.146. The lowest BCUT2D eigenvalue weighted by Crippen LogP contribution is -2.48. The van der Waals surface area contributed by atoms with E-state index in [1.807, 2.05) is 0 Å². The van der Waals surface area contributed by atoms with Crippen LogP contribution in [0.5, 0.6) is 5.75 Å². The van der Waals surface area contributed by atoms with Gasteiger partial charge in [-0.3, -0.25) is 9.59 Å². The van der Waals surface area contributed by atoms with Gasteiger partial charge in [0.05, 0.1) is 0 Å². The highest BCUT2D eigenvalue weighted by atomic mass is 35.5. The van der Waals surface area contributed by atoms with Gasteiger partial charge in [0, 0.05) is 28.7 Å². The normalized spacial score (nSPS) is 11.6. The molecule has 2 aromatic rings. The van der Waals surface area contributed by atoms with Gasteiger partial charge in [0.2, 0.25) is 5.91 Å². The largest absolute Gasteiger partial charge is 0.484 e. The zero-order valence-electron chi connectivity index (χ0n) is 14.8. The molecule has 0 spiro atoms. The molecule has 1 atom stereocenters. The van der Waals surface area contributed by atoms with Crippen LogP contribution in [0.3, 0.4) is 0 Å². The first kappa shape index (κ1) is 21.4. The minimum Gasteiger partial charge on any atom is -0.484 e. The number of nitrogens with one attached hydrogen (secondary N) is 1. The molecule has 5 nitrogen and oxygen atoms in total. The van der Waals surface area contributed by atoms with Crippen molar-refractivity contribution < 1.29 is 14.3 Å². The third-order valence-electron chi connectivity index (χ3n) is 3.95. The van der Waals surface area contributed by atoms with Crippen LogP contribution in [-0.4, -0.2) is 36.4 Å². The van der Waals surface area contributed by atoms with Gasteiger partial charge in [0.1, 0.15) is 11.8 Å². The highest BCUT2D eigenvalue weighted by Gasteiger charge is 2.26. The van der Waals surface area contributed by atoms with Gasteiger partial charge < -0.3 is 15.0 Å². The summed E-state index contributed by atoms with van der Waals surface area (Å²) in [6.45, 7) is 1.56. The molecule has 144 valence electrons. The maximum Gasteiger partial charge on any atom is 0.261 e. The molecule has 0 aliphatic carbocycles. The number of rotatable bonds is 7. The van der Waals surface area contributed by atoms with Gasteiger partial charge in [0.25, 0.3) is 5.91 Å². The lowest BCUT2D eigenvalue weighted by molar-refractivity contribution is -0.142. The quantitative estimate of drug-likeness (QED) is 0.718. The number of carbonyl (C=O) groups excluding carboxylic acids is 2. The van der Waals surface area contributed by atoms with Crippen LogP contribution in [0.4, 0.5) is 0 Å². The summed E-state index contributed by atoms with van der Waals surface area (Å²) in [6, 6.07) is 11.0. The molecule has 0 aromatic heterocycles. The van der Waals surface area contributed by atoms with Gasteiger partial charge in [-0.05, 0) is 48.9 Å². The number of hydrogen-bond acceptors (Lipinski definition) is 3. The highest BCUT2D eigenvalue weighted by molar-refractivity contribution is 6.35. The van der Waals surface area contributed by atoms with E-state index in [1.54, 1.807) is 49.4 Å². The number of likely N-dealkylation sites (N-methyl/N-ethyl adjacent to an activating group) is 1. The van der Waals surface area contributed by atoms with Crippen LogP contribution >= 0.6 is 34.8 Å². The third-order valence-corrected chi connectivity index (χ3v) is 4.78. The summed E-state index contributed by atoms with van der Waals surface area (Å²) in [4.78, 5) is 26.2. The van der Waals surface area contributed by atoms with Crippen molar-refractivity contribution in [3.8, 4) is 5.75 Å². The predicted molar refractivity (Wildman–Crippen MR) is 107 cm³/mol. The second kappa shape index (κ2) is 9.83. The molecule has 0 saturated carbocycles. The van der Waals surface area contributed by atoms with E-state index < -0.39 is 6.04 Å². The van der Waals surface area contributed by atoms with Crippen molar-refractivity contribution in [2.45, 2.75) is 19.5 Å². The topological polar surface area (TPSA) is 58.6 Å². The Balaban J connectivity index is 2.16. The van der Waals surface area contributed by atoms with Crippen LogP contribution in [0.1, 0.15) is 12.5 Å². The molecule has 0 fully saturated rings. The van der Waals surface area contributed by atoms with E-state index in [0.29, 0.717) is 26.4 Å². The van der Waals surface area contributed by atoms with Crippen molar-refractivity contribution in [3.63, 3.8) is 0 Å². The van der Waals surface area contributed by atoms with Crippen LogP contribution in [-0.2, 0) is 16.1 Å². The molecule has 0 heterocycles. The SMILES string of the molecule is CNC(=O)[C@H](C)N(Cc1ccc(Cl)cc1Cl)C(=O)COc1ccc(Cl)cc1. The van der Waals surface area contributed by atoms with E-state index in [-0.39, 0.29) is 25.0 Å². The second-order valence-corrected chi connectivity index (χ2v) is 7.07. The first-order valence-corrected chi connectivity index (χ1v) is 9.28. The Labute approximate surface area is 173 Å². The predicted octanol–water partition coefficient (Wildman–Crippen LogP) is 4.19. The average Bonchev–Trinajstić information content (AvgIpc) is 2.65. The highest BCUT2D eigenvalue weighted by Crippen LogP contribution is 2.23. The van der Waals surface area contributed by atoms with Gasteiger partial charge in [0.15, 0.2) is 6.61 Å². The smallest absolute Gasteiger partial charge is 0.261 e. The molecule has 0 unspecified atom stereocenters. The molecule has 0 bridgehead atoms. The maximum absolute atomic E-state index is 12.8. The first-order valence-electron chi connectivity index (χ1n) is 8.15. The summed E-state index contributed by atoms with van der Waals surface area (Å²) < 4.78 is 5.52. The maximum atomic E-state index is 12.8. The van der Waals surface area contributed by atoms with Crippen molar-refractivity contribution >= 4 is 46.6 Å². The van der Waals surface area contributed by atoms with Crippen LogP contribution in [0.15, 0.2) is 42.5 Å². The van der Waals surface area contributed by atoms with Crippen LogP contribution in [0, 0.1) is 0 Å². The Morgan fingerprint density at radius 1 is 1.07 bits per heavy atom. The van der Waals surface area contributed by atoms with Gasteiger partial charge >= 0.3 is 0 Å². The fourth-order valence-corrected chi connectivity index (χ4v) is 2.98. The Morgan fingerprint density at radius 2 is 1.70 bits per heavy atom. The summed E-state index contributed by atoms with van der Waals surface area (Å²) in [5.41, 5.74) is 0.677. The van der Waals surface area contributed by atoms with E-state index in [4.69, 9.17) is 39.5 Å². The summed E-state index contributed by atoms with van der Waals surface area (Å²) in [7, 11) is 1.51. The number of hydrogen-bond donors (Lipinski definition) is 1. The zero-order chi connectivity index (χ0) is 20.0. The Bertz CT molecular complexity index is 812. The third kappa shape index (κ3) is 6.03. The summed E-state index contributed by atoms with van der Waals surface area (Å²) in [5.74, 6) is -0.142. The summed E-state index contributed by atoms with van der Waals surface area (Å²) in [5, 5.41) is 4.03. The van der Waals surface area contributed by atoms with E-state index in [2.05, 4.69) is 5.32 Å². The van der Waals surface area contributed by atoms with Gasteiger partial charge in [-0.1, -0.05) is 40.9 Å². The fraction of sp³-hybridized carbons (Fsp3) is 0.263. The van der Waals surface area contributed by atoms with E-state index in [9.17, 15) is 9.59 Å². The standard InChI is InChI=1S/C19H19Cl3N2O3/c1-12(19(26)23-2)24(10-13-3-4-15(21)9-17(13)22)18(25)11-27-16-7-5-14(20)6-8-16/h3-9,12H,10-11H2,1-2H3,(H,23,26)/t12-/m0/s1. The van der Waals surface area contributed by atoms with E-state index in [0.717, 1.165) is 0 Å². The van der Waals surface area contributed by atoms with Crippen molar-refractivity contribution in [1.29, 1.82) is 0 Å². The van der Waals surface area contributed by atoms with Crippen LogP contribution in [0.2, 0.25) is 15.1 Å². The molecule has 8 heteroatoms. The number of ether oxygens (including phenoxy) is 1. The average molecular weight is 430 g/mol. The number of amides is 2. The molecule has 0 aliphatic heterocycles. The van der Waals surface area contributed by atoms with Gasteiger partial charge in [-0.25, -0.2) is 0 Å². The molecular weight excluding hydrogens is 411 g/mol. The second-order valence-electron chi connectivity index (χ2n) is 5.79. The number of halogens is 3. The number of nitrogens with zero attached hydrogens (tertiary/aromatic N) is 1. The first-order chi connectivity index (χ1) is 12.8. The van der Waals surface area contributed by atoms with Crippen molar-refractivity contribution in [3.05, 3.63) is 63.1 Å². The van der Waals surface area contributed by atoms with E-state index in [1.165, 1.54) is 11.9 Å². The van der Waals surface area contributed by atoms with Crippen molar-refractivity contribution in [2.24, 2.45) is 0 Å². The molecule has 2 aromatic carbocycles. The Morgan fingerprint density at radius 3 is 2.30 bits per heavy atom. The number of carbonyl (C=O) groups is 2. The number of benzene rings is 2. The molecule has 27 heavy (non-hydrogen) atoms. The summed E-state index contributed by atoms with van der Waals surface area (Å²) >= 11 is 18.0. The van der Waals surface area contributed by atoms with Crippen LogP contribution in [0.25, 0.3) is 0 Å². The monoisotopic (exact) mass is 428 g/mol. The van der Waals surface area contributed by atoms with E-state index >= 15 is 0 Å². The molecule has 1 N–H and O–H groups in total.